The quantitative estimate of drug-likeness (QED) is 0.471. The Balaban J connectivity index is 2.15. The summed E-state index contributed by atoms with van der Waals surface area (Å²) in [6.45, 7) is 0. The van der Waals surface area contributed by atoms with Crippen LogP contribution in [0, 0.1) is 7.14 Å². The molecule has 0 spiro atoms. The standard InChI is InChI=1S/C13H8I2O/c14-9-6-11(15)10-5-8-3-1-2-4-12(8)16-13(10)7-9/h1-4,6-7H,5H2. The highest BCUT2D eigenvalue weighted by atomic mass is 127. The van der Waals surface area contributed by atoms with E-state index in [0.717, 1.165) is 17.9 Å². The molecule has 1 aliphatic rings. The minimum absolute atomic E-state index is 0.973. The summed E-state index contributed by atoms with van der Waals surface area (Å²) in [6.07, 6.45) is 0.973. The van der Waals surface area contributed by atoms with Gasteiger partial charge in [0.05, 0.1) is 0 Å². The maximum atomic E-state index is 5.93. The lowest BCUT2D eigenvalue weighted by Gasteiger charge is -2.21. The van der Waals surface area contributed by atoms with E-state index >= 15 is 0 Å². The molecular formula is C13H8I2O. The molecule has 3 rings (SSSR count). The number of rotatable bonds is 0. The molecular weight excluding hydrogens is 426 g/mol. The zero-order chi connectivity index (χ0) is 11.1. The van der Waals surface area contributed by atoms with Gasteiger partial charge < -0.3 is 4.74 Å². The molecule has 0 aliphatic carbocycles. The Hall–Kier alpha value is -0.300. The van der Waals surface area contributed by atoms with Crippen LogP contribution in [0.15, 0.2) is 36.4 Å². The van der Waals surface area contributed by atoms with Gasteiger partial charge in [0.25, 0.3) is 0 Å². The fraction of sp³-hybridized carbons (Fsp3) is 0.0769. The van der Waals surface area contributed by atoms with Gasteiger partial charge in [0.15, 0.2) is 0 Å². The van der Waals surface area contributed by atoms with Crippen molar-refractivity contribution in [3.63, 3.8) is 0 Å². The summed E-state index contributed by atoms with van der Waals surface area (Å²) in [5, 5.41) is 0. The zero-order valence-corrected chi connectivity index (χ0v) is 12.7. The first-order valence-electron chi connectivity index (χ1n) is 4.98. The summed E-state index contributed by atoms with van der Waals surface area (Å²) in [5.41, 5.74) is 2.58. The molecule has 1 heterocycles. The highest BCUT2D eigenvalue weighted by Gasteiger charge is 2.18. The average Bonchev–Trinajstić information content (AvgIpc) is 2.27. The molecule has 0 bridgehead atoms. The number of benzene rings is 2. The largest absolute Gasteiger partial charge is 0.457 e. The lowest BCUT2D eigenvalue weighted by molar-refractivity contribution is 0.459. The second-order valence-corrected chi connectivity index (χ2v) is 6.16. The molecule has 0 unspecified atom stereocenters. The third kappa shape index (κ3) is 1.84. The van der Waals surface area contributed by atoms with Crippen LogP contribution in [0.5, 0.6) is 11.5 Å². The smallest absolute Gasteiger partial charge is 0.133 e. The van der Waals surface area contributed by atoms with Crippen molar-refractivity contribution in [3.05, 3.63) is 54.7 Å². The summed E-state index contributed by atoms with van der Waals surface area (Å²) < 4.78 is 8.44. The van der Waals surface area contributed by atoms with E-state index in [2.05, 4.69) is 69.4 Å². The van der Waals surface area contributed by atoms with Crippen LogP contribution in [0.25, 0.3) is 0 Å². The molecule has 2 aromatic rings. The fourth-order valence-electron chi connectivity index (χ4n) is 1.90. The van der Waals surface area contributed by atoms with Crippen LogP contribution in [-0.2, 0) is 6.42 Å². The summed E-state index contributed by atoms with van der Waals surface area (Å²) in [4.78, 5) is 0. The van der Waals surface area contributed by atoms with Crippen molar-refractivity contribution in [2.24, 2.45) is 0 Å². The van der Waals surface area contributed by atoms with Gasteiger partial charge in [-0.3, -0.25) is 0 Å². The summed E-state index contributed by atoms with van der Waals surface area (Å²) >= 11 is 4.71. The van der Waals surface area contributed by atoms with Gasteiger partial charge >= 0.3 is 0 Å². The molecule has 2 aromatic carbocycles. The van der Waals surface area contributed by atoms with Gasteiger partial charge in [-0.25, -0.2) is 0 Å². The van der Waals surface area contributed by atoms with E-state index in [-0.39, 0.29) is 0 Å². The first-order chi connectivity index (χ1) is 7.74. The lowest BCUT2D eigenvalue weighted by atomic mass is 10.0. The summed E-state index contributed by atoms with van der Waals surface area (Å²) in [7, 11) is 0. The SMILES string of the molecule is Ic1cc(I)c2c(c1)Oc1ccccc1C2. The van der Waals surface area contributed by atoms with Crippen molar-refractivity contribution < 1.29 is 4.74 Å². The van der Waals surface area contributed by atoms with E-state index in [9.17, 15) is 0 Å². The van der Waals surface area contributed by atoms with Crippen LogP contribution in [0.1, 0.15) is 11.1 Å². The highest BCUT2D eigenvalue weighted by Crippen LogP contribution is 2.39. The Morgan fingerprint density at radius 3 is 2.69 bits per heavy atom. The monoisotopic (exact) mass is 434 g/mol. The van der Waals surface area contributed by atoms with Crippen molar-refractivity contribution in [1.29, 1.82) is 0 Å². The lowest BCUT2D eigenvalue weighted by Crippen LogP contribution is -2.05. The first kappa shape index (κ1) is 10.8. The number of hydrogen-bond donors (Lipinski definition) is 0. The van der Waals surface area contributed by atoms with Crippen LogP contribution >= 0.6 is 45.2 Å². The average molecular weight is 434 g/mol. The van der Waals surface area contributed by atoms with Crippen molar-refractivity contribution in [3.8, 4) is 11.5 Å². The highest BCUT2D eigenvalue weighted by molar-refractivity contribution is 14.1. The molecule has 1 nitrogen and oxygen atoms in total. The topological polar surface area (TPSA) is 9.23 Å². The van der Waals surface area contributed by atoms with Crippen molar-refractivity contribution >= 4 is 45.2 Å². The Kier molecular flexibility index (Phi) is 2.83. The predicted molar refractivity (Wildman–Crippen MR) is 81.2 cm³/mol. The van der Waals surface area contributed by atoms with Crippen LogP contribution in [-0.4, -0.2) is 0 Å². The number of para-hydroxylation sites is 1. The predicted octanol–water partition coefficient (Wildman–Crippen LogP) is 4.59. The summed E-state index contributed by atoms with van der Waals surface area (Å²) in [6, 6.07) is 12.5. The molecule has 80 valence electrons. The van der Waals surface area contributed by atoms with Crippen molar-refractivity contribution in [1.82, 2.24) is 0 Å². The van der Waals surface area contributed by atoms with Crippen LogP contribution in [0.2, 0.25) is 0 Å². The van der Waals surface area contributed by atoms with Crippen molar-refractivity contribution in [2.75, 3.05) is 0 Å². The molecule has 0 atom stereocenters. The Morgan fingerprint density at radius 1 is 1.00 bits per heavy atom. The van der Waals surface area contributed by atoms with Crippen LogP contribution in [0.3, 0.4) is 0 Å². The Morgan fingerprint density at radius 2 is 1.81 bits per heavy atom. The molecule has 1 aliphatic heterocycles. The molecule has 16 heavy (non-hydrogen) atoms. The van der Waals surface area contributed by atoms with E-state index in [1.54, 1.807) is 0 Å². The van der Waals surface area contributed by atoms with E-state index in [0.29, 0.717) is 0 Å². The van der Waals surface area contributed by atoms with E-state index in [4.69, 9.17) is 4.74 Å². The number of halogens is 2. The number of fused-ring (bicyclic) bond motifs is 2. The Labute approximate surface area is 121 Å². The minimum atomic E-state index is 0.973. The minimum Gasteiger partial charge on any atom is -0.457 e. The van der Waals surface area contributed by atoms with Gasteiger partial charge in [0, 0.05) is 19.1 Å². The number of ether oxygens (including phenoxy) is 1. The molecule has 0 amide bonds. The van der Waals surface area contributed by atoms with Gasteiger partial charge in [0.1, 0.15) is 11.5 Å². The van der Waals surface area contributed by atoms with Gasteiger partial charge in [-0.2, -0.15) is 0 Å². The van der Waals surface area contributed by atoms with Crippen LogP contribution < -0.4 is 4.74 Å². The van der Waals surface area contributed by atoms with Crippen molar-refractivity contribution in [2.45, 2.75) is 6.42 Å². The molecule has 0 aromatic heterocycles. The van der Waals surface area contributed by atoms with E-state index < -0.39 is 0 Å². The molecule has 3 heteroatoms. The number of hydrogen-bond acceptors (Lipinski definition) is 1. The zero-order valence-electron chi connectivity index (χ0n) is 8.34. The summed E-state index contributed by atoms with van der Waals surface area (Å²) in [5.74, 6) is 2.00. The first-order valence-corrected chi connectivity index (χ1v) is 7.13. The Bertz CT molecular complexity index is 564. The van der Waals surface area contributed by atoms with Crippen LogP contribution in [0.4, 0.5) is 0 Å². The normalized spacial score (nSPS) is 12.6. The second kappa shape index (κ2) is 4.18. The third-order valence-corrected chi connectivity index (χ3v) is 4.26. The van der Waals surface area contributed by atoms with Gasteiger partial charge in [-0.1, -0.05) is 18.2 Å². The molecule has 0 N–H and O–H groups in total. The maximum absolute atomic E-state index is 5.93. The van der Waals surface area contributed by atoms with Gasteiger partial charge in [-0.05, 0) is 68.9 Å². The van der Waals surface area contributed by atoms with E-state index in [1.165, 1.54) is 18.3 Å². The third-order valence-electron chi connectivity index (χ3n) is 2.68. The molecule has 0 radical (unpaired) electrons. The molecule has 0 saturated carbocycles. The van der Waals surface area contributed by atoms with Gasteiger partial charge in [-0.15, -0.1) is 0 Å². The van der Waals surface area contributed by atoms with E-state index in [1.807, 2.05) is 12.1 Å². The maximum Gasteiger partial charge on any atom is 0.133 e. The second-order valence-electron chi connectivity index (χ2n) is 3.75. The fourth-order valence-corrected chi connectivity index (χ4v) is 3.88. The molecule has 0 fully saturated rings. The molecule has 0 saturated heterocycles. The van der Waals surface area contributed by atoms with Gasteiger partial charge in [0.2, 0.25) is 0 Å².